The van der Waals surface area contributed by atoms with E-state index < -0.39 is 11.6 Å². The second-order valence-corrected chi connectivity index (χ2v) is 4.41. The Hall–Kier alpha value is -0.630. The predicted molar refractivity (Wildman–Crippen MR) is 52.5 cm³/mol. The van der Waals surface area contributed by atoms with Crippen LogP contribution in [0.5, 0.6) is 0 Å². The zero-order valence-corrected chi connectivity index (χ0v) is 8.78. The molecule has 1 aromatic carbocycles. The molecule has 0 aliphatic heterocycles. The molecule has 1 aliphatic carbocycles. The van der Waals surface area contributed by atoms with Gasteiger partial charge in [-0.3, -0.25) is 0 Å². The minimum atomic E-state index is -0.548. The largest absolute Gasteiger partial charge is 0.207 e. The van der Waals surface area contributed by atoms with E-state index in [1.165, 1.54) is 6.07 Å². The minimum Gasteiger partial charge on any atom is -0.207 e. The van der Waals surface area contributed by atoms with Gasteiger partial charge in [0.25, 0.3) is 0 Å². The van der Waals surface area contributed by atoms with Gasteiger partial charge < -0.3 is 0 Å². The van der Waals surface area contributed by atoms with E-state index in [1.54, 1.807) is 0 Å². The number of halogens is 3. The maximum Gasteiger partial charge on any atom is 0.129 e. The Bertz CT molecular complexity index is 376. The zero-order chi connectivity index (χ0) is 10.5. The van der Waals surface area contributed by atoms with Crippen molar-refractivity contribution < 1.29 is 8.78 Å². The lowest BCUT2D eigenvalue weighted by atomic mass is 9.96. The fraction of sp³-hybridized carbons (Fsp3) is 0.455. The van der Waals surface area contributed by atoms with Gasteiger partial charge in [-0.05, 0) is 29.0 Å². The Balaban J connectivity index is 2.63. The second kappa shape index (κ2) is 3.20. The highest BCUT2D eigenvalue weighted by molar-refractivity contribution is 6.21. The molecular formula is C11H11ClF2. The van der Waals surface area contributed by atoms with Crippen molar-refractivity contribution in [3.63, 3.8) is 0 Å². The van der Waals surface area contributed by atoms with E-state index in [-0.39, 0.29) is 17.2 Å². The summed E-state index contributed by atoms with van der Waals surface area (Å²) in [6, 6.07) is 2.27. The third kappa shape index (κ3) is 1.24. The van der Waals surface area contributed by atoms with Crippen molar-refractivity contribution >= 4 is 11.6 Å². The Labute approximate surface area is 86.9 Å². The van der Waals surface area contributed by atoms with E-state index in [0.29, 0.717) is 11.1 Å². The molecule has 1 aliphatic rings. The average Bonchev–Trinajstić information content (AvgIpc) is 2.31. The van der Waals surface area contributed by atoms with Crippen LogP contribution < -0.4 is 0 Å². The number of benzene rings is 1. The lowest BCUT2D eigenvalue weighted by Gasteiger charge is -2.11. The SMILES string of the molecule is CC1c2c(F)cc(F)cc2C(Cl)C1C. The molecule has 0 N–H and O–H groups in total. The highest BCUT2D eigenvalue weighted by atomic mass is 35.5. The number of rotatable bonds is 0. The van der Waals surface area contributed by atoms with E-state index >= 15 is 0 Å². The van der Waals surface area contributed by atoms with Crippen LogP contribution in [0.25, 0.3) is 0 Å². The predicted octanol–water partition coefficient (Wildman–Crippen LogP) is 4.00. The van der Waals surface area contributed by atoms with E-state index in [2.05, 4.69) is 0 Å². The van der Waals surface area contributed by atoms with Gasteiger partial charge in [0.1, 0.15) is 11.6 Å². The summed E-state index contributed by atoms with van der Waals surface area (Å²) in [5.74, 6) is -0.799. The van der Waals surface area contributed by atoms with Crippen molar-refractivity contribution in [3.8, 4) is 0 Å². The van der Waals surface area contributed by atoms with Gasteiger partial charge in [0.05, 0.1) is 5.38 Å². The van der Waals surface area contributed by atoms with Crippen LogP contribution in [0.15, 0.2) is 12.1 Å². The first-order valence-electron chi connectivity index (χ1n) is 4.65. The van der Waals surface area contributed by atoms with Crippen LogP contribution in [0.1, 0.15) is 36.3 Å². The summed E-state index contributed by atoms with van der Waals surface area (Å²) in [6.07, 6.45) is 0. The van der Waals surface area contributed by atoms with Crippen LogP contribution in [-0.4, -0.2) is 0 Å². The average molecular weight is 217 g/mol. The molecule has 76 valence electrons. The van der Waals surface area contributed by atoms with Crippen molar-refractivity contribution in [1.82, 2.24) is 0 Å². The third-order valence-electron chi connectivity index (χ3n) is 3.13. The van der Waals surface area contributed by atoms with E-state index in [1.807, 2.05) is 13.8 Å². The van der Waals surface area contributed by atoms with Crippen molar-refractivity contribution in [2.24, 2.45) is 5.92 Å². The van der Waals surface area contributed by atoms with Crippen LogP contribution in [0, 0.1) is 17.6 Å². The van der Waals surface area contributed by atoms with E-state index in [9.17, 15) is 8.78 Å². The first-order valence-corrected chi connectivity index (χ1v) is 5.09. The lowest BCUT2D eigenvalue weighted by Crippen LogP contribution is -2.01. The summed E-state index contributed by atoms with van der Waals surface area (Å²) < 4.78 is 26.4. The molecular weight excluding hydrogens is 206 g/mol. The van der Waals surface area contributed by atoms with Gasteiger partial charge in [-0.25, -0.2) is 8.78 Å². The summed E-state index contributed by atoms with van der Waals surface area (Å²) in [4.78, 5) is 0. The molecule has 0 nitrogen and oxygen atoms in total. The molecule has 0 saturated carbocycles. The van der Waals surface area contributed by atoms with Crippen LogP contribution >= 0.6 is 11.6 Å². The van der Waals surface area contributed by atoms with Crippen LogP contribution in [0.4, 0.5) is 8.78 Å². The number of hydrogen-bond donors (Lipinski definition) is 0. The number of hydrogen-bond acceptors (Lipinski definition) is 0. The lowest BCUT2D eigenvalue weighted by molar-refractivity contribution is 0.501. The van der Waals surface area contributed by atoms with Gasteiger partial charge in [-0.1, -0.05) is 13.8 Å². The number of fused-ring (bicyclic) bond motifs is 1. The van der Waals surface area contributed by atoms with Gasteiger partial charge in [-0.15, -0.1) is 11.6 Å². The fourth-order valence-electron chi connectivity index (χ4n) is 2.11. The van der Waals surface area contributed by atoms with Gasteiger partial charge >= 0.3 is 0 Å². The van der Waals surface area contributed by atoms with Crippen molar-refractivity contribution in [2.45, 2.75) is 25.1 Å². The molecule has 3 atom stereocenters. The minimum absolute atomic E-state index is 0.0631. The molecule has 0 heterocycles. The monoisotopic (exact) mass is 216 g/mol. The molecule has 1 aromatic rings. The van der Waals surface area contributed by atoms with Crippen molar-refractivity contribution in [1.29, 1.82) is 0 Å². The normalized spacial score (nSPS) is 30.5. The van der Waals surface area contributed by atoms with E-state index in [0.717, 1.165) is 6.07 Å². The first kappa shape index (κ1) is 9.91. The fourth-order valence-corrected chi connectivity index (χ4v) is 2.51. The molecule has 0 amide bonds. The Morgan fingerprint density at radius 2 is 1.86 bits per heavy atom. The molecule has 0 radical (unpaired) electrons. The van der Waals surface area contributed by atoms with Crippen molar-refractivity contribution in [3.05, 3.63) is 34.9 Å². The quantitative estimate of drug-likeness (QED) is 0.575. The molecule has 0 bridgehead atoms. The second-order valence-electron chi connectivity index (χ2n) is 3.94. The standard InChI is InChI=1S/C11H11ClF2/c1-5-6(2)11(12)8-3-7(13)4-9(14)10(5)8/h3-6,11H,1-2H3. The summed E-state index contributed by atoms with van der Waals surface area (Å²) in [5, 5.41) is -0.273. The maximum atomic E-state index is 13.5. The highest BCUT2D eigenvalue weighted by Crippen LogP contribution is 2.49. The molecule has 3 unspecified atom stereocenters. The van der Waals surface area contributed by atoms with Crippen molar-refractivity contribution in [2.75, 3.05) is 0 Å². The topological polar surface area (TPSA) is 0 Å². The molecule has 2 rings (SSSR count). The Kier molecular flexibility index (Phi) is 2.26. The summed E-state index contributed by atoms with van der Waals surface area (Å²) in [7, 11) is 0. The molecule has 0 saturated heterocycles. The van der Waals surface area contributed by atoms with Crippen LogP contribution in [-0.2, 0) is 0 Å². The molecule has 0 spiro atoms. The van der Waals surface area contributed by atoms with Gasteiger partial charge in [0, 0.05) is 6.07 Å². The Morgan fingerprint density at radius 1 is 1.21 bits per heavy atom. The summed E-state index contributed by atoms with van der Waals surface area (Å²) in [6.45, 7) is 3.88. The smallest absolute Gasteiger partial charge is 0.129 e. The van der Waals surface area contributed by atoms with Gasteiger partial charge in [-0.2, -0.15) is 0 Å². The van der Waals surface area contributed by atoms with Crippen LogP contribution in [0.3, 0.4) is 0 Å². The maximum absolute atomic E-state index is 13.5. The summed E-state index contributed by atoms with van der Waals surface area (Å²) >= 11 is 6.10. The molecule has 14 heavy (non-hydrogen) atoms. The van der Waals surface area contributed by atoms with E-state index in [4.69, 9.17) is 11.6 Å². The third-order valence-corrected chi connectivity index (χ3v) is 3.76. The first-order chi connectivity index (χ1) is 6.52. The van der Waals surface area contributed by atoms with Crippen LogP contribution in [0.2, 0.25) is 0 Å². The molecule has 0 fully saturated rings. The van der Waals surface area contributed by atoms with Gasteiger partial charge in [0.2, 0.25) is 0 Å². The molecule has 0 aromatic heterocycles. The zero-order valence-electron chi connectivity index (χ0n) is 8.02. The number of alkyl halides is 1. The Morgan fingerprint density at radius 3 is 2.50 bits per heavy atom. The molecule has 3 heteroatoms. The summed E-state index contributed by atoms with van der Waals surface area (Å²) in [5.41, 5.74) is 1.20. The van der Waals surface area contributed by atoms with Gasteiger partial charge in [0.15, 0.2) is 0 Å². The highest BCUT2D eigenvalue weighted by Gasteiger charge is 2.36.